The molecule has 4 aromatic rings. The molecular weight excluding hydrogens is 348 g/mol. The lowest BCUT2D eigenvalue weighted by Gasteiger charge is -2.10. The van der Waals surface area contributed by atoms with Crippen molar-refractivity contribution >= 4 is 16.9 Å². The smallest absolute Gasteiger partial charge is 0.352 e. The van der Waals surface area contributed by atoms with Crippen molar-refractivity contribution in [3.05, 3.63) is 107 Å². The summed E-state index contributed by atoms with van der Waals surface area (Å²) in [5, 5.41) is 14.4. The molecule has 3 aromatic carbocycles. The summed E-state index contributed by atoms with van der Waals surface area (Å²) in [4.78, 5) is 12.2. The predicted molar refractivity (Wildman–Crippen MR) is 111 cm³/mol. The number of rotatable bonds is 7. The number of nitrogens with zero attached hydrogens (tertiary/aromatic N) is 1. The second kappa shape index (κ2) is 8.11. The first-order chi connectivity index (χ1) is 13.7. The highest BCUT2D eigenvalue weighted by molar-refractivity contribution is 5.98. The zero-order valence-corrected chi connectivity index (χ0v) is 15.5. The molecule has 0 aliphatic rings. The quantitative estimate of drug-likeness (QED) is 0.497. The molecule has 1 heterocycles. The molecular formula is C24H22N2O2. The number of para-hydroxylation sites is 1. The number of aromatic nitrogens is 1. The number of carboxylic acids is 1. The number of nitrogens with one attached hydrogen (secondary N) is 1. The van der Waals surface area contributed by atoms with Gasteiger partial charge >= 0.3 is 5.97 Å². The zero-order chi connectivity index (χ0) is 19.3. The minimum Gasteiger partial charge on any atom is -0.477 e. The molecule has 1 aromatic heterocycles. The Morgan fingerprint density at radius 2 is 1.39 bits per heavy atom. The molecule has 0 bridgehead atoms. The van der Waals surface area contributed by atoms with E-state index in [2.05, 4.69) is 17.4 Å². The highest BCUT2D eigenvalue weighted by Gasteiger charge is 2.22. The Bertz CT molecular complexity index is 1090. The Balaban J connectivity index is 1.70. The molecule has 140 valence electrons. The standard InChI is InChI=1S/C24H22N2O2/c27-24(28)23-21(16-25-15-18-9-3-1-4-10-18)20-13-7-8-14-22(20)26(23)17-19-11-5-2-6-12-19/h1-14,25H,15-17H2,(H,27,28). The van der Waals surface area contributed by atoms with Crippen molar-refractivity contribution < 1.29 is 9.90 Å². The molecule has 0 aliphatic heterocycles. The number of carbonyl (C=O) groups is 1. The number of benzene rings is 3. The number of hydrogen-bond donors (Lipinski definition) is 2. The summed E-state index contributed by atoms with van der Waals surface area (Å²) in [6.07, 6.45) is 0. The fourth-order valence-corrected chi connectivity index (χ4v) is 3.66. The van der Waals surface area contributed by atoms with Gasteiger partial charge in [0.15, 0.2) is 0 Å². The number of aromatic carboxylic acids is 1. The molecule has 0 unspecified atom stereocenters. The van der Waals surface area contributed by atoms with E-state index < -0.39 is 5.97 Å². The van der Waals surface area contributed by atoms with E-state index in [0.717, 1.165) is 22.0 Å². The Labute approximate surface area is 164 Å². The molecule has 0 amide bonds. The van der Waals surface area contributed by atoms with E-state index in [1.165, 1.54) is 5.56 Å². The van der Waals surface area contributed by atoms with E-state index in [1.807, 2.05) is 77.4 Å². The second-order valence-electron chi connectivity index (χ2n) is 6.81. The predicted octanol–water partition coefficient (Wildman–Crippen LogP) is 4.68. The van der Waals surface area contributed by atoms with Crippen LogP contribution in [0.4, 0.5) is 0 Å². The van der Waals surface area contributed by atoms with Crippen molar-refractivity contribution in [3.63, 3.8) is 0 Å². The van der Waals surface area contributed by atoms with Gasteiger partial charge in [0.05, 0.1) is 0 Å². The van der Waals surface area contributed by atoms with Gasteiger partial charge in [0.2, 0.25) is 0 Å². The Hall–Kier alpha value is -3.37. The highest BCUT2D eigenvalue weighted by atomic mass is 16.4. The number of fused-ring (bicyclic) bond motifs is 1. The Morgan fingerprint density at radius 3 is 2.07 bits per heavy atom. The van der Waals surface area contributed by atoms with E-state index in [4.69, 9.17) is 0 Å². The first-order valence-corrected chi connectivity index (χ1v) is 9.36. The van der Waals surface area contributed by atoms with Crippen LogP contribution >= 0.6 is 0 Å². The maximum atomic E-state index is 12.2. The molecule has 4 rings (SSSR count). The van der Waals surface area contributed by atoms with Gasteiger partial charge in [-0.05, 0) is 17.2 Å². The second-order valence-corrected chi connectivity index (χ2v) is 6.81. The van der Waals surface area contributed by atoms with E-state index in [1.54, 1.807) is 0 Å². The molecule has 4 nitrogen and oxygen atoms in total. The average Bonchev–Trinajstić information content (AvgIpc) is 3.03. The molecule has 0 radical (unpaired) electrons. The molecule has 4 heteroatoms. The van der Waals surface area contributed by atoms with Gasteiger partial charge in [0, 0.05) is 36.1 Å². The third kappa shape index (κ3) is 3.68. The first kappa shape index (κ1) is 18.0. The van der Waals surface area contributed by atoms with Crippen LogP contribution < -0.4 is 5.32 Å². The van der Waals surface area contributed by atoms with Crippen molar-refractivity contribution in [1.82, 2.24) is 9.88 Å². The van der Waals surface area contributed by atoms with Gasteiger partial charge < -0.3 is 15.0 Å². The van der Waals surface area contributed by atoms with Crippen molar-refractivity contribution in [3.8, 4) is 0 Å². The van der Waals surface area contributed by atoms with E-state index in [9.17, 15) is 9.90 Å². The maximum Gasteiger partial charge on any atom is 0.352 e. The summed E-state index contributed by atoms with van der Waals surface area (Å²) >= 11 is 0. The lowest BCUT2D eigenvalue weighted by atomic mass is 10.1. The first-order valence-electron chi connectivity index (χ1n) is 9.36. The summed E-state index contributed by atoms with van der Waals surface area (Å²) in [5.74, 6) is -0.899. The van der Waals surface area contributed by atoms with Crippen LogP contribution in [0.15, 0.2) is 84.9 Å². The lowest BCUT2D eigenvalue weighted by Crippen LogP contribution is -2.17. The summed E-state index contributed by atoms with van der Waals surface area (Å²) in [7, 11) is 0. The summed E-state index contributed by atoms with van der Waals surface area (Å²) in [5.41, 5.74) is 4.38. The molecule has 28 heavy (non-hydrogen) atoms. The SMILES string of the molecule is O=C(O)c1c(CNCc2ccccc2)c2ccccc2n1Cc1ccccc1. The molecule has 0 spiro atoms. The molecule has 0 atom stereocenters. The normalized spacial score (nSPS) is 11.0. The topological polar surface area (TPSA) is 54.3 Å². The van der Waals surface area contributed by atoms with Gasteiger partial charge in [-0.15, -0.1) is 0 Å². The Morgan fingerprint density at radius 1 is 0.786 bits per heavy atom. The molecule has 0 saturated heterocycles. The molecule has 0 fully saturated rings. The zero-order valence-electron chi connectivity index (χ0n) is 15.5. The lowest BCUT2D eigenvalue weighted by molar-refractivity contribution is 0.0685. The summed E-state index contributed by atoms with van der Waals surface area (Å²) < 4.78 is 1.91. The van der Waals surface area contributed by atoms with Crippen LogP contribution in [0.2, 0.25) is 0 Å². The van der Waals surface area contributed by atoms with Gasteiger partial charge in [-0.2, -0.15) is 0 Å². The van der Waals surface area contributed by atoms with E-state index in [-0.39, 0.29) is 0 Å². The maximum absolute atomic E-state index is 12.2. The highest BCUT2D eigenvalue weighted by Crippen LogP contribution is 2.27. The monoisotopic (exact) mass is 370 g/mol. The van der Waals surface area contributed by atoms with E-state index >= 15 is 0 Å². The van der Waals surface area contributed by atoms with Gasteiger partial charge in [0.1, 0.15) is 5.69 Å². The van der Waals surface area contributed by atoms with Crippen LogP contribution in [0.5, 0.6) is 0 Å². The van der Waals surface area contributed by atoms with Gasteiger partial charge in [0.25, 0.3) is 0 Å². The number of carboxylic acid groups (broad SMARTS) is 1. The van der Waals surface area contributed by atoms with Gasteiger partial charge in [-0.25, -0.2) is 4.79 Å². The van der Waals surface area contributed by atoms with Crippen molar-refractivity contribution in [1.29, 1.82) is 0 Å². The minimum atomic E-state index is -0.899. The third-order valence-electron chi connectivity index (χ3n) is 4.94. The van der Waals surface area contributed by atoms with Crippen LogP contribution in [0, 0.1) is 0 Å². The van der Waals surface area contributed by atoms with Crippen molar-refractivity contribution in [2.75, 3.05) is 0 Å². The van der Waals surface area contributed by atoms with E-state index in [0.29, 0.717) is 25.3 Å². The average molecular weight is 370 g/mol. The molecule has 2 N–H and O–H groups in total. The third-order valence-corrected chi connectivity index (χ3v) is 4.94. The fraction of sp³-hybridized carbons (Fsp3) is 0.125. The van der Waals surface area contributed by atoms with Crippen LogP contribution in [0.1, 0.15) is 27.2 Å². The molecule has 0 aliphatic carbocycles. The van der Waals surface area contributed by atoms with Gasteiger partial charge in [-0.3, -0.25) is 0 Å². The fourth-order valence-electron chi connectivity index (χ4n) is 3.66. The number of hydrogen-bond acceptors (Lipinski definition) is 2. The summed E-state index contributed by atoms with van der Waals surface area (Å²) in [6, 6.07) is 28.0. The minimum absolute atomic E-state index is 0.352. The molecule has 0 saturated carbocycles. The van der Waals surface area contributed by atoms with Crippen LogP contribution in [0.25, 0.3) is 10.9 Å². The van der Waals surface area contributed by atoms with Crippen molar-refractivity contribution in [2.45, 2.75) is 19.6 Å². The van der Waals surface area contributed by atoms with Crippen molar-refractivity contribution in [2.24, 2.45) is 0 Å². The van der Waals surface area contributed by atoms with Crippen LogP contribution in [-0.4, -0.2) is 15.6 Å². The van der Waals surface area contributed by atoms with Crippen LogP contribution in [0.3, 0.4) is 0 Å². The largest absolute Gasteiger partial charge is 0.477 e. The summed E-state index contributed by atoms with van der Waals surface area (Å²) in [6.45, 7) is 1.72. The van der Waals surface area contributed by atoms with Crippen LogP contribution in [-0.2, 0) is 19.6 Å². The van der Waals surface area contributed by atoms with Gasteiger partial charge in [-0.1, -0.05) is 78.9 Å². The Kier molecular flexibility index (Phi) is 5.22.